The topological polar surface area (TPSA) is 94.4 Å². The zero-order valence-electron chi connectivity index (χ0n) is 7.50. The molecule has 0 unspecified atom stereocenters. The Kier molecular flexibility index (Phi) is 1.37. The third-order valence-electron chi connectivity index (χ3n) is 2.30. The molecule has 3 N–H and O–H groups in total. The summed E-state index contributed by atoms with van der Waals surface area (Å²) in [5, 5.41) is 7.89. The summed E-state index contributed by atoms with van der Waals surface area (Å²) in [5.41, 5.74) is 0.373. The first-order chi connectivity index (χ1) is 7.24. The van der Waals surface area contributed by atoms with Gasteiger partial charge in [-0.1, -0.05) is 0 Å². The van der Waals surface area contributed by atoms with Crippen LogP contribution < -0.4 is 11.2 Å². The molecule has 0 saturated heterocycles. The van der Waals surface area contributed by atoms with Crippen molar-refractivity contribution in [2.75, 3.05) is 0 Å². The van der Waals surface area contributed by atoms with Crippen molar-refractivity contribution in [3.05, 3.63) is 39.2 Å². The maximum atomic E-state index is 11.5. The van der Waals surface area contributed by atoms with Gasteiger partial charge in [0, 0.05) is 5.39 Å². The second-order valence-electron chi connectivity index (χ2n) is 3.26. The molecule has 0 amide bonds. The molecule has 2 aromatic heterocycles. The predicted molar refractivity (Wildman–Crippen MR) is 54.8 cm³/mol. The Labute approximate surface area is 82.0 Å². The highest BCUT2D eigenvalue weighted by atomic mass is 16.2. The van der Waals surface area contributed by atoms with Crippen LogP contribution in [0.2, 0.25) is 0 Å². The van der Waals surface area contributed by atoms with Gasteiger partial charge in [-0.05, 0) is 12.1 Å². The minimum absolute atomic E-state index is 0.398. The Bertz CT molecular complexity index is 765. The van der Waals surface area contributed by atoms with Crippen LogP contribution in [-0.2, 0) is 0 Å². The molecular weight excluding hydrogens is 196 g/mol. The molecule has 0 fully saturated rings. The van der Waals surface area contributed by atoms with Crippen molar-refractivity contribution in [3.63, 3.8) is 0 Å². The van der Waals surface area contributed by atoms with Crippen LogP contribution in [0.25, 0.3) is 21.8 Å². The van der Waals surface area contributed by atoms with Gasteiger partial charge in [0.15, 0.2) is 0 Å². The number of rotatable bonds is 0. The molecule has 6 heteroatoms. The van der Waals surface area contributed by atoms with Crippen molar-refractivity contribution in [1.82, 2.24) is 20.2 Å². The summed E-state index contributed by atoms with van der Waals surface area (Å²) in [5.74, 6) is 0. The lowest BCUT2D eigenvalue weighted by Gasteiger charge is -1.95. The third kappa shape index (κ3) is 1.08. The minimum atomic E-state index is -0.504. The largest absolute Gasteiger partial charge is 0.326 e. The molecule has 0 aliphatic carbocycles. The standard InChI is InChI=1S/C9H6N4O2/c14-8-5-2-6-4(3-10-13-6)1-7(5)11-9(15)12-8/h1-3H,(H,10,13)(H2,11,12,14,15). The molecule has 0 radical (unpaired) electrons. The monoisotopic (exact) mass is 202 g/mol. The van der Waals surface area contributed by atoms with Crippen molar-refractivity contribution >= 4 is 21.8 Å². The first-order valence-corrected chi connectivity index (χ1v) is 4.33. The Balaban J connectivity index is 2.65. The smallest absolute Gasteiger partial charge is 0.307 e. The summed E-state index contributed by atoms with van der Waals surface area (Å²) in [6, 6.07) is 3.37. The highest BCUT2D eigenvalue weighted by molar-refractivity contribution is 5.93. The van der Waals surface area contributed by atoms with Crippen molar-refractivity contribution in [2.45, 2.75) is 0 Å². The van der Waals surface area contributed by atoms with E-state index in [0.717, 1.165) is 10.9 Å². The van der Waals surface area contributed by atoms with Crippen LogP contribution in [0.3, 0.4) is 0 Å². The van der Waals surface area contributed by atoms with E-state index in [4.69, 9.17) is 0 Å². The number of aromatic nitrogens is 4. The maximum Gasteiger partial charge on any atom is 0.326 e. The molecule has 1 aromatic carbocycles. The van der Waals surface area contributed by atoms with Crippen LogP contribution in [0.4, 0.5) is 0 Å². The number of aromatic amines is 3. The SMILES string of the molecule is O=c1[nH]c(=O)c2cc3[nH]ncc3cc2[nH]1. The second-order valence-corrected chi connectivity index (χ2v) is 3.26. The lowest BCUT2D eigenvalue weighted by molar-refractivity contribution is 1.08. The Morgan fingerprint density at radius 1 is 1.07 bits per heavy atom. The quantitative estimate of drug-likeness (QED) is 0.482. The van der Waals surface area contributed by atoms with Gasteiger partial charge in [-0.25, -0.2) is 4.79 Å². The van der Waals surface area contributed by atoms with E-state index in [1.54, 1.807) is 18.3 Å². The summed E-state index contributed by atoms with van der Waals surface area (Å²) in [4.78, 5) is 27.2. The van der Waals surface area contributed by atoms with Gasteiger partial charge in [-0.2, -0.15) is 5.10 Å². The number of hydrogen-bond donors (Lipinski definition) is 3. The summed E-state index contributed by atoms with van der Waals surface area (Å²) in [7, 11) is 0. The number of H-pyrrole nitrogens is 3. The lowest BCUT2D eigenvalue weighted by Crippen LogP contribution is -2.21. The lowest BCUT2D eigenvalue weighted by atomic mass is 10.2. The molecule has 0 spiro atoms. The Morgan fingerprint density at radius 2 is 1.93 bits per heavy atom. The van der Waals surface area contributed by atoms with E-state index in [1.807, 2.05) is 0 Å². The van der Waals surface area contributed by atoms with Crippen LogP contribution in [0.5, 0.6) is 0 Å². The molecule has 3 rings (SSSR count). The maximum absolute atomic E-state index is 11.5. The first-order valence-electron chi connectivity index (χ1n) is 4.33. The zero-order chi connectivity index (χ0) is 10.4. The van der Waals surface area contributed by atoms with Crippen LogP contribution >= 0.6 is 0 Å². The molecular formula is C9H6N4O2. The minimum Gasteiger partial charge on any atom is -0.307 e. The van der Waals surface area contributed by atoms with Crippen molar-refractivity contribution < 1.29 is 0 Å². The number of nitrogens with zero attached hydrogens (tertiary/aromatic N) is 1. The fourth-order valence-electron chi connectivity index (χ4n) is 1.61. The highest BCUT2D eigenvalue weighted by Crippen LogP contribution is 2.15. The van der Waals surface area contributed by atoms with Crippen LogP contribution in [0.1, 0.15) is 0 Å². The van der Waals surface area contributed by atoms with Gasteiger partial charge in [-0.15, -0.1) is 0 Å². The normalized spacial score (nSPS) is 11.2. The van der Waals surface area contributed by atoms with Crippen molar-refractivity contribution in [1.29, 1.82) is 0 Å². The van der Waals surface area contributed by atoms with Gasteiger partial charge < -0.3 is 4.98 Å². The average Bonchev–Trinajstić information content (AvgIpc) is 2.61. The molecule has 0 saturated carbocycles. The fraction of sp³-hybridized carbons (Fsp3) is 0. The fourth-order valence-corrected chi connectivity index (χ4v) is 1.61. The van der Waals surface area contributed by atoms with Crippen molar-refractivity contribution in [2.24, 2.45) is 0 Å². The number of hydrogen-bond acceptors (Lipinski definition) is 3. The van der Waals surface area contributed by atoms with Crippen LogP contribution in [0, 0.1) is 0 Å². The summed E-state index contributed by atoms with van der Waals surface area (Å²) in [6.45, 7) is 0. The van der Waals surface area contributed by atoms with Crippen molar-refractivity contribution in [3.8, 4) is 0 Å². The van der Waals surface area contributed by atoms with Gasteiger partial charge >= 0.3 is 5.69 Å². The van der Waals surface area contributed by atoms with E-state index in [1.165, 1.54) is 0 Å². The summed E-state index contributed by atoms with van der Waals surface area (Å²) < 4.78 is 0. The summed E-state index contributed by atoms with van der Waals surface area (Å²) in [6.07, 6.45) is 1.63. The molecule has 2 heterocycles. The Hall–Kier alpha value is -2.37. The van der Waals surface area contributed by atoms with E-state index >= 15 is 0 Å². The predicted octanol–water partition coefficient (Wildman–Crippen LogP) is 0.0927. The molecule has 0 aliphatic heterocycles. The molecule has 0 atom stereocenters. The van der Waals surface area contributed by atoms with E-state index in [2.05, 4.69) is 20.2 Å². The van der Waals surface area contributed by atoms with E-state index in [9.17, 15) is 9.59 Å². The zero-order valence-corrected chi connectivity index (χ0v) is 7.50. The molecule has 6 nitrogen and oxygen atoms in total. The second kappa shape index (κ2) is 2.57. The molecule has 3 aromatic rings. The van der Waals surface area contributed by atoms with E-state index in [-0.39, 0.29) is 0 Å². The molecule has 0 aliphatic rings. The molecule has 0 bridgehead atoms. The average molecular weight is 202 g/mol. The molecule has 15 heavy (non-hydrogen) atoms. The molecule has 74 valence electrons. The number of nitrogens with one attached hydrogen (secondary N) is 3. The first kappa shape index (κ1) is 7.98. The third-order valence-corrected chi connectivity index (χ3v) is 2.30. The van der Waals surface area contributed by atoms with E-state index in [0.29, 0.717) is 10.9 Å². The van der Waals surface area contributed by atoms with Gasteiger partial charge in [0.1, 0.15) is 0 Å². The summed E-state index contributed by atoms with van der Waals surface area (Å²) >= 11 is 0. The Morgan fingerprint density at radius 3 is 2.80 bits per heavy atom. The highest BCUT2D eigenvalue weighted by Gasteiger charge is 2.03. The van der Waals surface area contributed by atoms with E-state index < -0.39 is 11.2 Å². The van der Waals surface area contributed by atoms with Gasteiger partial charge in [0.05, 0.1) is 22.6 Å². The van der Waals surface area contributed by atoms with Crippen LogP contribution in [-0.4, -0.2) is 20.2 Å². The van der Waals surface area contributed by atoms with Crippen LogP contribution in [0.15, 0.2) is 27.9 Å². The van der Waals surface area contributed by atoms with Gasteiger partial charge in [0.25, 0.3) is 5.56 Å². The number of benzene rings is 1. The number of fused-ring (bicyclic) bond motifs is 2. The van der Waals surface area contributed by atoms with Gasteiger partial charge in [-0.3, -0.25) is 14.9 Å². The van der Waals surface area contributed by atoms with Gasteiger partial charge in [0.2, 0.25) is 0 Å².